The first-order chi connectivity index (χ1) is 9.97. The SMILES string of the molecule is CCOCC(=O)N(C)Cc1ccc(OC)c(OC(F)F)c1. The minimum absolute atomic E-state index is 0.0104. The number of methoxy groups -OCH3 is 1. The Bertz CT molecular complexity index is 468. The Morgan fingerprint density at radius 1 is 1.33 bits per heavy atom. The molecule has 1 amide bonds. The number of halogens is 2. The largest absolute Gasteiger partial charge is 0.493 e. The lowest BCUT2D eigenvalue weighted by molar-refractivity contribution is -0.135. The van der Waals surface area contributed by atoms with Crippen molar-refractivity contribution in [3.05, 3.63) is 23.8 Å². The average Bonchev–Trinajstić information content (AvgIpc) is 2.44. The molecule has 5 nitrogen and oxygen atoms in total. The van der Waals surface area contributed by atoms with Crippen LogP contribution >= 0.6 is 0 Å². The minimum atomic E-state index is -2.94. The summed E-state index contributed by atoms with van der Waals surface area (Å²) >= 11 is 0. The summed E-state index contributed by atoms with van der Waals surface area (Å²) < 4.78 is 39.1. The van der Waals surface area contributed by atoms with Crippen LogP contribution in [0.1, 0.15) is 12.5 Å². The van der Waals surface area contributed by atoms with E-state index in [1.165, 1.54) is 24.1 Å². The predicted octanol–water partition coefficient (Wildman–Crippen LogP) is 2.29. The fraction of sp³-hybridized carbons (Fsp3) is 0.500. The number of benzene rings is 1. The van der Waals surface area contributed by atoms with Gasteiger partial charge in [-0.05, 0) is 24.6 Å². The summed E-state index contributed by atoms with van der Waals surface area (Å²) in [6.45, 7) is -0.440. The van der Waals surface area contributed by atoms with E-state index in [0.29, 0.717) is 12.2 Å². The maximum Gasteiger partial charge on any atom is 0.387 e. The Morgan fingerprint density at radius 3 is 2.62 bits per heavy atom. The number of nitrogens with zero attached hydrogens (tertiary/aromatic N) is 1. The number of alkyl halides is 2. The molecular weight excluding hydrogens is 284 g/mol. The lowest BCUT2D eigenvalue weighted by Gasteiger charge is -2.18. The summed E-state index contributed by atoms with van der Waals surface area (Å²) in [5.41, 5.74) is 0.652. The van der Waals surface area contributed by atoms with Gasteiger partial charge >= 0.3 is 6.61 Å². The summed E-state index contributed by atoms with van der Waals surface area (Å²) in [6.07, 6.45) is 0. The van der Waals surface area contributed by atoms with Gasteiger partial charge in [0.2, 0.25) is 5.91 Å². The van der Waals surface area contributed by atoms with Gasteiger partial charge in [0.15, 0.2) is 11.5 Å². The van der Waals surface area contributed by atoms with E-state index in [0.717, 1.165) is 0 Å². The van der Waals surface area contributed by atoms with Crippen LogP contribution in [-0.2, 0) is 16.1 Å². The van der Waals surface area contributed by atoms with E-state index in [2.05, 4.69) is 4.74 Å². The Hall–Kier alpha value is -1.89. The van der Waals surface area contributed by atoms with Gasteiger partial charge in [-0.2, -0.15) is 8.78 Å². The molecule has 0 aliphatic carbocycles. The molecule has 1 aromatic rings. The van der Waals surface area contributed by atoms with Crippen LogP contribution in [0.3, 0.4) is 0 Å². The molecule has 21 heavy (non-hydrogen) atoms. The zero-order valence-corrected chi connectivity index (χ0v) is 12.3. The number of likely N-dealkylation sites (N-methyl/N-ethyl adjacent to an activating group) is 1. The predicted molar refractivity (Wildman–Crippen MR) is 72.6 cm³/mol. The molecular formula is C14H19F2NO4. The molecule has 118 valence electrons. The highest BCUT2D eigenvalue weighted by Gasteiger charge is 2.14. The fourth-order valence-electron chi connectivity index (χ4n) is 1.67. The fourth-order valence-corrected chi connectivity index (χ4v) is 1.67. The van der Waals surface area contributed by atoms with E-state index in [4.69, 9.17) is 9.47 Å². The summed E-state index contributed by atoms with van der Waals surface area (Å²) in [6, 6.07) is 4.63. The molecule has 0 heterocycles. The van der Waals surface area contributed by atoms with Crippen LogP contribution in [-0.4, -0.2) is 44.8 Å². The third-order valence-corrected chi connectivity index (χ3v) is 2.72. The van der Waals surface area contributed by atoms with Crippen LogP contribution in [0.25, 0.3) is 0 Å². The van der Waals surface area contributed by atoms with Crippen molar-refractivity contribution in [1.82, 2.24) is 4.90 Å². The number of rotatable bonds is 8. The highest BCUT2D eigenvalue weighted by Crippen LogP contribution is 2.29. The normalized spacial score (nSPS) is 10.6. The van der Waals surface area contributed by atoms with E-state index < -0.39 is 6.61 Å². The van der Waals surface area contributed by atoms with Gasteiger partial charge in [-0.3, -0.25) is 4.79 Å². The third kappa shape index (κ3) is 5.55. The smallest absolute Gasteiger partial charge is 0.387 e. The molecule has 0 aliphatic rings. The lowest BCUT2D eigenvalue weighted by Crippen LogP contribution is -2.29. The number of ether oxygens (including phenoxy) is 3. The van der Waals surface area contributed by atoms with E-state index >= 15 is 0 Å². The Labute approximate surface area is 122 Å². The third-order valence-electron chi connectivity index (χ3n) is 2.72. The maximum absolute atomic E-state index is 12.3. The second-order valence-electron chi connectivity index (χ2n) is 4.25. The number of carbonyl (C=O) groups excluding carboxylic acids is 1. The first-order valence-corrected chi connectivity index (χ1v) is 6.41. The van der Waals surface area contributed by atoms with Gasteiger partial charge in [0.05, 0.1) is 7.11 Å². The van der Waals surface area contributed by atoms with E-state index in [1.54, 1.807) is 20.0 Å². The van der Waals surface area contributed by atoms with Gasteiger partial charge in [-0.1, -0.05) is 6.07 Å². The standard InChI is InChI=1S/C14H19F2NO4/c1-4-20-9-13(18)17(2)8-10-5-6-11(19-3)12(7-10)21-14(15)16/h5-7,14H,4,8-9H2,1-3H3. The van der Waals surface area contributed by atoms with E-state index in [9.17, 15) is 13.6 Å². The topological polar surface area (TPSA) is 48.0 Å². The Balaban J connectivity index is 2.77. The van der Waals surface area contributed by atoms with Crippen molar-refractivity contribution in [2.45, 2.75) is 20.1 Å². The second-order valence-corrected chi connectivity index (χ2v) is 4.25. The van der Waals surface area contributed by atoms with Crippen LogP contribution in [0, 0.1) is 0 Å². The van der Waals surface area contributed by atoms with Gasteiger partial charge in [0.1, 0.15) is 6.61 Å². The van der Waals surface area contributed by atoms with Gasteiger partial charge in [-0.25, -0.2) is 0 Å². The van der Waals surface area contributed by atoms with Crippen molar-refractivity contribution in [1.29, 1.82) is 0 Å². The molecule has 0 radical (unpaired) electrons. The lowest BCUT2D eigenvalue weighted by atomic mass is 10.2. The summed E-state index contributed by atoms with van der Waals surface area (Å²) in [4.78, 5) is 13.2. The van der Waals surface area contributed by atoms with Crippen LogP contribution in [0.4, 0.5) is 8.78 Å². The zero-order valence-electron chi connectivity index (χ0n) is 12.3. The number of amides is 1. The number of hydrogen-bond donors (Lipinski definition) is 0. The molecule has 0 aliphatic heterocycles. The van der Waals surface area contributed by atoms with Gasteiger partial charge in [0.25, 0.3) is 0 Å². The quantitative estimate of drug-likeness (QED) is 0.739. The first-order valence-electron chi connectivity index (χ1n) is 6.41. The Kier molecular flexibility index (Phi) is 6.87. The van der Waals surface area contributed by atoms with Crippen LogP contribution in [0.5, 0.6) is 11.5 Å². The van der Waals surface area contributed by atoms with Crippen molar-refractivity contribution in [2.24, 2.45) is 0 Å². The molecule has 0 fully saturated rings. The van der Waals surface area contributed by atoms with Crippen molar-refractivity contribution in [3.63, 3.8) is 0 Å². The molecule has 7 heteroatoms. The van der Waals surface area contributed by atoms with Crippen LogP contribution in [0.15, 0.2) is 18.2 Å². The van der Waals surface area contributed by atoms with Crippen molar-refractivity contribution in [2.75, 3.05) is 27.4 Å². The van der Waals surface area contributed by atoms with Crippen LogP contribution < -0.4 is 9.47 Å². The van der Waals surface area contributed by atoms with Crippen LogP contribution in [0.2, 0.25) is 0 Å². The zero-order chi connectivity index (χ0) is 15.8. The van der Waals surface area contributed by atoms with Gasteiger partial charge in [0, 0.05) is 20.2 Å². The van der Waals surface area contributed by atoms with Gasteiger partial charge < -0.3 is 19.1 Å². The molecule has 0 N–H and O–H groups in total. The van der Waals surface area contributed by atoms with Crippen molar-refractivity contribution >= 4 is 5.91 Å². The highest BCUT2D eigenvalue weighted by molar-refractivity contribution is 5.77. The van der Waals surface area contributed by atoms with Crippen molar-refractivity contribution < 1.29 is 27.8 Å². The molecule has 0 atom stereocenters. The van der Waals surface area contributed by atoms with Crippen molar-refractivity contribution in [3.8, 4) is 11.5 Å². The molecule has 0 saturated carbocycles. The average molecular weight is 303 g/mol. The molecule has 0 bridgehead atoms. The second kappa shape index (κ2) is 8.41. The number of carbonyl (C=O) groups is 1. The maximum atomic E-state index is 12.3. The summed E-state index contributed by atoms with van der Waals surface area (Å²) in [5, 5.41) is 0. The molecule has 0 aromatic heterocycles. The summed E-state index contributed by atoms with van der Waals surface area (Å²) in [7, 11) is 2.98. The van der Waals surface area contributed by atoms with E-state index in [-0.39, 0.29) is 30.6 Å². The first kappa shape index (κ1) is 17.2. The van der Waals surface area contributed by atoms with E-state index in [1.807, 2.05) is 0 Å². The molecule has 1 rings (SSSR count). The molecule has 0 saturated heterocycles. The number of hydrogen-bond acceptors (Lipinski definition) is 4. The minimum Gasteiger partial charge on any atom is -0.493 e. The monoisotopic (exact) mass is 303 g/mol. The Morgan fingerprint density at radius 2 is 2.05 bits per heavy atom. The van der Waals surface area contributed by atoms with Gasteiger partial charge in [-0.15, -0.1) is 0 Å². The molecule has 1 aromatic carbocycles. The highest BCUT2D eigenvalue weighted by atomic mass is 19.3. The summed E-state index contributed by atoms with van der Waals surface area (Å²) in [5.74, 6) is -0.0398. The molecule has 0 unspecified atom stereocenters. The molecule has 0 spiro atoms.